The number of carbonyl (C=O) groups is 2. The Bertz CT molecular complexity index is 1120. The first-order valence-electron chi connectivity index (χ1n) is 10.9. The lowest BCUT2D eigenvalue weighted by molar-refractivity contribution is -0.115. The van der Waals surface area contributed by atoms with E-state index in [0.29, 0.717) is 13.0 Å². The Morgan fingerprint density at radius 2 is 1.69 bits per heavy atom. The van der Waals surface area contributed by atoms with Crippen molar-refractivity contribution in [2.75, 3.05) is 11.1 Å². The van der Waals surface area contributed by atoms with Gasteiger partial charge in [-0.1, -0.05) is 42.5 Å². The molecule has 32 heavy (non-hydrogen) atoms. The molecule has 3 aromatic carbocycles. The number of rotatable bonds is 7. The minimum absolute atomic E-state index is 0.0389. The quantitative estimate of drug-likeness (QED) is 0.413. The molecule has 1 N–H and O–H groups in total. The van der Waals surface area contributed by atoms with Gasteiger partial charge < -0.3 is 10.2 Å². The Balaban J connectivity index is 1.40. The minimum Gasteiger partial charge on any atom is -0.326 e. The Hall–Kier alpha value is -3.05. The highest BCUT2D eigenvalue weighted by Crippen LogP contribution is 2.36. The van der Waals surface area contributed by atoms with Crippen LogP contribution < -0.4 is 5.32 Å². The second kappa shape index (κ2) is 9.21. The monoisotopic (exact) mass is 445 g/mol. The average Bonchev–Trinajstić information content (AvgIpc) is 3.13. The van der Waals surface area contributed by atoms with Gasteiger partial charge in [-0.3, -0.25) is 9.59 Å². The van der Waals surface area contributed by atoms with Crippen molar-refractivity contribution in [1.82, 2.24) is 4.90 Å². The zero-order valence-electron chi connectivity index (χ0n) is 18.8. The van der Waals surface area contributed by atoms with E-state index in [2.05, 4.69) is 38.2 Å². The molecule has 1 aliphatic heterocycles. The van der Waals surface area contributed by atoms with Crippen LogP contribution in [0.3, 0.4) is 0 Å². The maximum atomic E-state index is 12.9. The summed E-state index contributed by atoms with van der Waals surface area (Å²) in [6.07, 6.45) is 0.344. The Morgan fingerprint density at radius 1 is 1.00 bits per heavy atom. The summed E-state index contributed by atoms with van der Waals surface area (Å²) >= 11 is 1.30. The third-order valence-corrected chi connectivity index (χ3v) is 6.99. The number of fused-ring (bicyclic) bond motifs is 1. The number of nitrogens with one attached hydrogen (secondary N) is 1. The first-order chi connectivity index (χ1) is 15.4. The Morgan fingerprint density at radius 3 is 2.34 bits per heavy atom. The molecule has 5 heteroatoms. The predicted molar refractivity (Wildman–Crippen MR) is 132 cm³/mol. The second-order valence-electron chi connectivity index (χ2n) is 8.55. The Kier molecular flexibility index (Phi) is 6.38. The average molecular weight is 446 g/mol. The van der Waals surface area contributed by atoms with Gasteiger partial charge in [-0.2, -0.15) is 0 Å². The van der Waals surface area contributed by atoms with Gasteiger partial charge in [0.2, 0.25) is 5.91 Å². The third-order valence-electron chi connectivity index (χ3n) is 6.01. The van der Waals surface area contributed by atoms with Crippen LogP contribution in [-0.4, -0.2) is 22.5 Å². The topological polar surface area (TPSA) is 49.4 Å². The molecule has 4 nitrogen and oxygen atoms in total. The highest BCUT2D eigenvalue weighted by Gasteiger charge is 2.38. The van der Waals surface area contributed by atoms with Gasteiger partial charge >= 0.3 is 0 Å². The molecule has 0 atom stereocenters. The molecule has 0 radical (unpaired) electrons. The highest BCUT2D eigenvalue weighted by molar-refractivity contribution is 7.78. The van der Waals surface area contributed by atoms with Crippen molar-refractivity contribution in [2.45, 2.75) is 44.2 Å². The van der Waals surface area contributed by atoms with Crippen LogP contribution in [0.4, 0.5) is 5.69 Å². The molecule has 1 heterocycles. The molecule has 0 saturated carbocycles. The van der Waals surface area contributed by atoms with Gasteiger partial charge in [0.1, 0.15) is 5.75 Å². The molecular formula is C27H29N2O2S+. The lowest BCUT2D eigenvalue weighted by Gasteiger charge is -2.36. The van der Waals surface area contributed by atoms with Crippen molar-refractivity contribution >= 4 is 29.3 Å². The van der Waals surface area contributed by atoms with Crippen LogP contribution in [0.2, 0.25) is 0 Å². The van der Waals surface area contributed by atoms with Gasteiger partial charge in [-0.05, 0) is 67.8 Å². The zero-order chi connectivity index (χ0) is 22.7. The number of hydrogen-bond donors (Lipinski definition) is 1. The number of carbonyl (C=O) groups excluding carboxylic acids is 2. The number of amides is 2. The molecule has 0 spiro atoms. The van der Waals surface area contributed by atoms with Crippen molar-refractivity contribution in [2.24, 2.45) is 0 Å². The van der Waals surface area contributed by atoms with Crippen LogP contribution >= 0.6 is 0 Å². The molecule has 1 aliphatic rings. The van der Waals surface area contributed by atoms with E-state index in [1.807, 2.05) is 65.6 Å². The summed E-state index contributed by atoms with van der Waals surface area (Å²) in [6.45, 7) is 6.88. The fraction of sp³-hybridized carbons (Fsp3) is 0.259. The lowest BCUT2D eigenvalue weighted by Crippen LogP contribution is -2.41. The SMILES string of the molecule is CC[SH+]c1ccc(CC(=O)Nc2ccc(C(C)(C)N3Cc4ccccc4C3=O)cc2)cc1. The molecular weight excluding hydrogens is 416 g/mol. The van der Waals surface area contributed by atoms with Crippen molar-refractivity contribution in [3.05, 3.63) is 95.1 Å². The molecule has 4 rings (SSSR count). The van der Waals surface area contributed by atoms with E-state index in [0.717, 1.165) is 33.7 Å². The fourth-order valence-electron chi connectivity index (χ4n) is 4.12. The van der Waals surface area contributed by atoms with Gasteiger partial charge in [0.05, 0.1) is 12.0 Å². The molecule has 164 valence electrons. The molecule has 0 aromatic heterocycles. The predicted octanol–water partition coefficient (Wildman–Crippen LogP) is 4.95. The molecule has 0 bridgehead atoms. The van der Waals surface area contributed by atoms with Crippen LogP contribution in [0, 0.1) is 0 Å². The summed E-state index contributed by atoms with van der Waals surface area (Å²) in [5.41, 5.74) is 4.18. The van der Waals surface area contributed by atoms with Crippen LogP contribution in [0.15, 0.2) is 77.7 Å². The number of thiol groups is 1. The summed E-state index contributed by atoms with van der Waals surface area (Å²) in [5.74, 6) is 1.11. The summed E-state index contributed by atoms with van der Waals surface area (Å²) in [7, 11) is 0. The second-order valence-corrected chi connectivity index (χ2v) is 10.0. The van der Waals surface area contributed by atoms with Crippen LogP contribution in [-0.2, 0) is 35.1 Å². The standard InChI is InChI=1S/C27H28N2O2S/c1-4-32-23-15-9-19(10-16-23)17-25(30)28-22-13-11-21(12-14-22)27(2,3)29-18-20-7-5-6-8-24(20)26(29)31/h5-16H,4,17-18H2,1-3H3,(H,28,30)/p+1. The van der Waals surface area contributed by atoms with Gasteiger partial charge in [0, 0.05) is 29.6 Å². The molecule has 3 aromatic rings. The van der Waals surface area contributed by atoms with Gasteiger partial charge in [-0.25, -0.2) is 0 Å². The summed E-state index contributed by atoms with van der Waals surface area (Å²) in [6, 6.07) is 23.8. The van der Waals surface area contributed by atoms with Crippen molar-refractivity contribution < 1.29 is 9.59 Å². The zero-order valence-corrected chi connectivity index (χ0v) is 19.7. The first kappa shape index (κ1) is 22.2. The van der Waals surface area contributed by atoms with E-state index >= 15 is 0 Å². The number of nitrogens with zero attached hydrogens (tertiary/aromatic N) is 1. The molecule has 0 saturated heterocycles. The number of anilines is 1. The van der Waals surface area contributed by atoms with E-state index in [-0.39, 0.29) is 11.8 Å². The number of benzene rings is 3. The smallest absolute Gasteiger partial charge is 0.255 e. The lowest BCUT2D eigenvalue weighted by atomic mass is 9.92. The van der Waals surface area contributed by atoms with Crippen LogP contribution in [0.25, 0.3) is 0 Å². The third kappa shape index (κ3) is 4.58. The largest absolute Gasteiger partial charge is 0.326 e. The van der Waals surface area contributed by atoms with E-state index in [1.54, 1.807) is 0 Å². The minimum atomic E-state index is -0.460. The summed E-state index contributed by atoms with van der Waals surface area (Å²) in [5, 5.41) is 2.98. The molecule has 0 aliphatic carbocycles. The highest BCUT2D eigenvalue weighted by atomic mass is 32.2. The summed E-state index contributed by atoms with van der Waals surface area (Å²) in [4.78, 5) is 28.6. The maximum Gasteiger partial charge on any atom is 0.255 e. The van der Waals surface area contributed by atoms with Crippen LogP contribution in [0.5, 0.6) is 0 Å². The first-order valence-corrected chi connectivity index (χ1v) is 12.0. The van der Waals surface area contributed by atoms with Crippen molar-refractivity contribution in [3.8, 4) is 0 Å². The van der Waals surface area contributed by atoms with Gasteiger partial charge in [0.15, 0.2) is 4.90 Å². The summed E-state index contributed by atoms with van der Waals surface area (Å²) < 4.78 is 0. The Labute approximate surface area is 194 Å². The fourth-order valence-corrected chi connectivity index (χ4v) is 4.84. The van der Waals surface area contributed by atoms with Gasteiger partial charge in [-0.15, -0.1) is 0 Å². The molecule has 0 unspecified atom stereocenters. The van der Waals surface area contributed by atoms with Gasteiger partial charge in [0.25, 0.3) is 5.91 Å². The van der Waals surface area contributed by atoms with E-state index in [1.165, 1.54) is 16.7 Å². The van der Waals surface area contributed by atoms with Crippen molar-refractivity contribution in [1.29, 1.82) is 0 Å². The maximum absolute atomic E-state index is 12.9. The van der Waals surface area contributed by atoms with E-state index in [4.69, 9.17) is 0 Å². The number of hydrogen-bond acceptors (Lipinski definition) is 2. The van der Waals surface area contributed by atoms with Crippen LogP contribution in [0.1, 0.15) is 47.8 Å². The molecule has 0 fully saturated rings. The van der Waals surface area contributed by atoms with E-state index in [9.17, 15) is 9.59 Å². The normalized spacial score (nSPS) is 13.2. The molecule has 2 amide bonds. The van der Waals surface area contributed by atoms with E-state index < -0.39 is 5.54 Å². The van der Waals surface area contributed by atoms with Crippen molar-refractivity contribution in [3.63, 3.8) is 0 Å².